The summed E-state index contributed by atoms with van der Waals surface area (Å²) >= 11 is 0. The summed E-state index contributed by atoms with van der Waals surface area (Å²) in [6, 6.07) is 4.24. The maximum Gasteiger partial charge on any atom is 0.127 e. The van der Waals surface area contributed by atoms with Crippen molar-refractivity contribution in [3.05, 3.63) is 29.6 Å². The molecule has 0 aliphatic carbocycles. The van der Waals surface area contributed by atoms with Gasteiger partial charge >= 0.3 is 0 Å². The van der Waals surface area contributed by atoms with E-state index in [1.54, 1.807) is 6.07 Å². The van der Waals surface area contributed by atoms with Gasteiger partial charge in [0, 0.05) is 25.7 Å². The van der Waals surface area contributed by atoms with Crippen LogP contribution >= 0.6 is 0 Å². The maximum absolute atomic E-state index is 13.1. The molecule has 1 unspecified atom stereocenters. The Morgan fingerprint density at radius 1 is 1.44 bits per heavy atom. The SMILES string of the molecule is CN1CCC(CN(C)Cc2cc(O)cc(F)c2)C1. The van der Waals surface area contributed by atoms with Crippen LogP contribution < -0.4 is 0 Å². The summed E-state index contributed by atoms with van der Waals surface area (Å²) in [6.45, 7) is 3.99. The molecule has 1 aliphatic heterocycles. The molecule has 1 heterocycles. The molecule has 0 spiro atoms. The predicted octanol–water partition coefficient (Wildman–Crippen LogP) is 1.91. The van der Waals surface area contributed by atoms with E-state index in [2.05, 4.69) is 16.8 Å². The lowest BCUT2D eigenvalue weighted by molar-refractivity contribution is 0.266. The molecule has 1 aromatic carbocycles. The molecule has 3 nitrogen and oxygen atoms in total. The van der Waals surface area contributed by atoms with Gasteiger partial charge in [0.25, 0.3) is 0 Å². The molecule has 2 rings (SSSR count). The first-order valence-corrected chi connectivity index (χ1v) is 6.38. The predicted molar refractivity (Wildman–Crippen MR) is 70.0 cm³/mol. The quantitative estimate of drug-likeness (QED) is 0.887. The third kappa shape index (κ3) is 3.68. The number of halogens is 1. The van der Waals surface area contributed by atoms with E-state index in [0.717, 1.165) is 24.7 Å². The minimum atomic E-state index is -0.376. The normalized spacial score (nSPS) is 20.8. The first kappa shape index (κ1) is 13.3. The third-order valence-electron chi connectivity index (χ3n) is 3.45. The third-order valence-corrected chi connectivity index (χ3v) is 3.45. The minimum absolute atomic E-state index is 0.000926. The molecule has 0 amide bonds. The highest BCUT2D eigenvalue weighted by Crippen LogP contribution is 2.18. The van der Waals surface area contributed by atoms with Gasteiger partial charge in [-0.1, -0.05) is 0 Å². The van der Waals surface area contributed by atoms with Crippen molar-refractivity contribution < 1.29 is 9.50 Å². The molecule has 18 heavy (non-hydrogen) atoms. The summed E-state index contributed by atoms with van der Waals surface area (Å²) in [4.78, 5) is 4.53. The molecular formula is C14H21FN2O. The monoisotopic (exact) mass is 252 g/mol. The zero-order valence-electron chi connectivity index (χ0n) is 11.1. The summed E-state index contributed by atoms with van der Waals surface area (Å²) in [7, 11) is 4.19. The number of phenolic OH excluding ortho intramolecular Hbond substituents is 1. The molecule has 1 aromatic rings. The van der Waals surface area contributed by atoms with Crippen LogP contribution in [0.5, 0.6) is 5.75 Å². The average molecular weight is 252 g/mol. The second kappa shape index (κ2) is 5.67. The molecule has 0 radical (unpaired) electrons. The van der Waals surface area contributed by atoms with Gasteiger partial charge in [0.15, 0.2) is 0 Å². The first-order chi connectivity index (χ1) is 8.52. The number of hydrogen-bond acceptors (Lipinski definition) is 3. The molecule has 4 heteroatoms. The number of hydrogen-bond donors (Lipinski definition) is 1. The van der Waals surface area contributed by atoms with Gasteiger partial charge in [-0.05, 0) is 50.7 Å². The molecule has 1 aliphatic rings. The van der Waals surface area contributed by atoms with Crippen LogP contribution in [0.3, 0.4) is 0 Å². The van der Waals surface area contributed by atoms with E-state index < -0.39 is 0 Å². The highest BCUT2D eigenvalue weighted by atomic mass is 19.1. The highest BCUT2D eigenvalue weighted by Gasteiger charge is 2.20. The Morgan fingerprint density at radius 2 is 2.22 bits per heavy atom. The Labute approximate surface area is 108 Å². The number of aromatic hydroxyl groups is 1. The van der Waals surface area contributed by atoms with Crippen LogP contribution in [0.4, 0.5) is 4.39 Å². The van der Waals surface area contributed by atoms with E-state index in [1.165, 1.54) is 19.0 Å². The van der Waals surface area contributed by atoms with Gasteiger partial charge in [0.1, 0.15) is 11.6 Å². The molecule has 1 N–H and O–H groups in total. The molecule has 1 fully saturated rings. The van der Waals surface area contributed by atoms with Crippen molar-refractivity contribution in [1.29, 1.82) is 0 Å². The van der Waals surface area contributed by atoms with E-state index in [4.69, 9.17) is 0 Å². The summed E-state index contributed by atoms with van der Waals surface area (Å²) in [5.41, 5.74) is 0.821. The summed E-state index contributed by atoms with van der Waals surface area (Å²) in [5.74, 6) is 0.320. The van der Waals surface area contributed by atoms with E-state index in [1.807, 2.05) is 7.05 Å². The summed E-state index contributed by atoms with van der Waals surface area (Å²) in [5, 5.41) is 9.36. The van der Waals surface area contributed by atoms with Crippen LogP contribution in [0.15, 0.2) is 18.2 Å². The lowest BCUT2D eigenvalue weighted by atomic mass is 10.1. The second-order valence-electron chi connectivity index (χ2n) is 5.43. The fraction of sp³-hybridized carbons (Fsp3) is 0.571. The van der Waals surface area contributed by atoms with Gasteiger partial charge in [0.05, 0.1) is 0 Å². The van der Waals surface area contributed by atoms with Gasteiger partial charge in [-0.3, -0.25) is 0 Å². The highest BCUT2D eigenvalue weighted by molar-refractivity contribution is 5.28. The van der Waals surface area contributed by atoms with Crippen molar-refractivity contribution in [2.45, 2.75) is 13.0 Å². The van der Waals surface area contributed by atoms with Crippen molar-refractivity contribution in [2.75, 3.05) is 33.7 Å². The molecule has 1 saturated heterocycles. The van der Waals surface area contributed by atoms with Crippen molar-refractivity contribution in [1.82, 2.24) is 9.80 Å². The lowest BCUT2D eigenvalue weighted by Gasteiger charge is -2.21. The van der Waals surface area contributed by atoms with Crippen LogP contribution in [0, 0.1) is 11.7 Å². The topological polar surface area (TPSA) is 26.7 Å². The van der Waals surface area contributed by atoms with Crippen molar-refractivity contribution in [3.8, 4) is 5.75 Å². The summed E-state index contributed by atoms with van der Waals surface area (Å²) < 4.78 is 13.1. The van der Waals surface area contributed by atoms with Crippen molar-refractivity contribution in [3.63, 3.8) is 0 Å². The summed E-state index contributed by atoms with van der Waals surface area (Å²) in [6.07, 6.45) is 1.23. The van der Waals surface area contributed by atoms with Crippen LogP contribution in [0.25, 0.3) is 0 Å². The maximum atomic E-state index is 13.1. The van der Waals surface area contributed by atoms with Crippen LogP contribution in [-0.4, -0.2) is 48.6 Å². The zero-order chi connectivity index (χ0) is 13.1. The molecule has 100 valence electrons. The Morgan fingerprint density at radius 3 is 2.83 bits per heavy atom. The number of benzene rings is 1. The molecule has 1 atom stereocenters. The van der Waals surface area contributed by atoms with Gasteiger partial charge in [-0.25, -0.2) is 4.39 Å². The largest absolute Gasteiger partial charge is 0.508 e. The van der Waals surface area contributed by atoms with Crippen molar-refractivity contribution >= 4 is 0 Å². The van der Waals surface area contributed by atoms with Gasteiger partial charge < -0.3 is 14.9 Å². The molecule has 0 saturated carbocycles. The number of likely N-dealkylation sites (tertiary alicyclic amines) is 1. The molecule has 0 bridgehead atoms. The Hall–Kier alpha value is -1.13. The first-order valence-electron chi connectivity index (χ1n) is 6.38. The number of nitrogens with zero attached hydrogens (tertiary/aromatic N) is 2. The van der Waals surface area contributed by atoms with Gasteiger partial charge in [-0.15, -0.1) is 0 Å². The van der Waals surface area contributed by atoms with Crippen molar-refractivity contribution in [2.24, 2.45) is 5.92 Å². The Balaban J connectivity index is 1.88. The van der Waals surface area contributed by atoms with E-state index in [9.17, 15) is 9.50 Å². The minimum Gasteiger partial charge on any atom is -0.508 e. The number of phenols is 1. The van der Waals surface area contributed by atoms with E-state index in [0.29, 0.717) is 12.5 Å². The van der Waals surface area contributed by atoms with Crippen LogP contribution in [0.1, 0.15) is 12.0 Å². The molecule has 0 aromatic heterocycles. The second-order valence-corrected chi connectivity index (χ2v) is 5.43. The fourth-order valence-corrected chi connectivity index (χ4v) is 2.72. The van der Waals surface area contributed by atoms with Gasteiger partial charge in [0.2, 0.25) is 0 Å². The fourth-order valence-electron chi connectivity index (χ4n) is 2.72. The molecular weight excluding hydrogens is 231 g/mol. The zero-order valence-corrected chi connectivity index (χ0v) is 11.1. The number of rotatable bonds is 4. The average Bonchev–Trinajstić information content (AvgIpc) is 2.61. The van der Waals surface area contributed by atoms with E-state index in [-0.39, 0.29) is 11.6 Å². The van der Waals surface area contributed by atoms with Crippen LogP contribution in [-0.2, 0) is 6.54 Å². The Kier molecular flexibility index (Phi) is 4.19. The lowest BCUT2D eigenvalue weighted by Crippen LogP contribution is -2.27. The Bertz CT molecular complexity index is 391. The van der Waals surface area contributed by atoms with Crippen LogP contribution in [0.2, 0.25) is 0 Å². The standard InChI is InChI=1S/C14H21FN2O/c1-16-4-3-11(8-16)9-17(2)10-12-5-13(15)7-14(18)6-12/h5-7,11,18H,3-4,8-10H2,1-2H3. The smallest absolute Gasteiger partial charge is 0.127 e. The van der Waals surface area contributed by atoms with Gasteiger partial charge in [-0.2, -0.15) is 0 Å². The van der Waals surface area contributed by atoms with E-state index >= 15 is 0 Å².